The van der Waals surface area contributed by atoms with Crippen molar-refractivity contribution in [3.63, 3.8) is 0 Å². The number of methoxy groups -OCH3 is 1. The molecule has 1 aliphatic heterocycles. The van der Waals surface area contributed by atoms with Crippen LogP contribution in [-0.2, 0) is 4.74 Å². The van der Waals surface area contributed by atoms with Gasteiger partial charge in [-0.1, -0.05) is 23.2 Å². The molecule has 2 atom stereocenters. The summed E-state index contributed by atoms with van der Waals surface area (Å²) in [6, 6.07) is 2.81. The lowest BCUT2D eigenvalue weighted by Gasteiger charge is -2.31. The third-order valence-corrected chi connectivity index (χ3v) is 5.40. The van der Waals surface area contributed by atoms with Gasteiger partial charge in [-0.25, -0.2) is 0 Å². The van der Waals surface area contributed by atoms with Crippen LogP contribution in [0.5, 0.6) is 0 Å². The third-order valence-electron chi connectivity index (χ3n) is 3.88. The maximum atomic E-state index is 6.30. The van der Waals surface area contributed by atoms with Gasteiger partial charge < -0.3 is 10.1 Å². The molecule has 2 unspecified atom stereocenters. The van der Waals surface area contributed by atoms with Crippen LogP contribution in [0.25, 0.3) is 0 Å². The van der Waals surface area contributed by atoms with Gasteiger partial charge in [-0.3, -0.25) is 4.90 Å². The Bertz CT molecular complexity index is 421. The van der Waals surface area contributed by atoms with E-state index >= 15 is 0 Å². The minimum Gasteiger partial charge on any atom is -0.383 e. The van der Waals surface area contributed by atoms with Gasteiger partial charge in [-0.15, -0.1) is 11.3 Å². The van der Waals surface area contributed by atoms with Crippen LogP contribution in [0.2, 0.25) is 8.67 Å². The van der Waals surface area contributed by atoms with Crippen LogP contribution in [0.15, 0.2) is 6.07 Å². The summed E-state index contributed by atoms with van der Waals surface area (Å²) in [7, 11) is 1.74. The summed E-state index contributed by atoms with van der Waals surface area (Å²) in [4.78, 5) is 2.43. The van der Waals surface area contributed by atoms with E-state index in [1.54, 1.807) is 7.11 Å². The van der Waals surface area contributed by atoms with Crippen molar-refractivity contribution in [3.05, 3.63) is 20.3 Å². The zero-order valence-electron chi connectivity index (χ0n) is 12.0. The third kappa shape index (κ3) is 4.33. The van der Waals surface area contributed by atoms with E-state index in [1.165, 1.54) is 24.2 Å². The fourth-order valence-electron chi connectivity index (χ4n) is 2.68. The Hall–Kier alpha value is 0.160. The van der Waals surface area contributed by atoms with Gasteiger partial charge in [-0.2, -0.15) is 0 Å². The van der Waals surface area contributed by atoms with Crippen molar-refractivity contribution in [2.45, 2.75) is 31.8 Å². The Balaban J connectivity index is 2.05. The quantitative estimate of drug-likeness (QED) is 0.819. The zero-order chi connectivity index (χ0) is 14.5. The molecule has 0 bridgehead atoms. The van der Waals surface area contributed by atoms with Crippen LogP contribution in [0, 0.1) is 0 Å². The molecular formula is C14H22Cl2N2OS. The molecule has 1 aromatic heterocycles. The Kier molecular flexibility index (Phi) is 6.59. The van der Waals surface area contributed by atoms with E-state index in [0.29, 0.717) is 6.04 Å². The molecule has 0 saturated carbocycles. The van der Waals surface area contributed by atoms with Gasteiger partial charge in [0.2, 0.25) is 0 Å². The topological polar surface area (TPSA) is 24.5 Å². The largest absolute Gasteiger partial charge is 0.383 e. The molecular weight excluding hydrogens is 315 g/mol. The Labute approximate surface area is 135 Å². The maximum absolute atomic E-state index is 6.30. The second kappa shape index (κ2) is 7.97. The van der Waals surface area contributed by atoms with Crippen LogP contribution in [0.4, 0.5) is 0 Å². The Morgan fingerprint density at radius 3 is 2.90 bits per heavy atom. The molecule has 0 amide bonds. The van der Waals surface area contributed by atoms with E-state index in [9.17, 15) is 0 Å². The number of hydrogen-bond donors (Lipinski definition) is 1. The summed E-state index contributed by atoms with van der Waals surface area (Å²) < 4.78 is 6.79. The van der Waals surface area contributed by atoms with Crippen molar-refractivity contribution in [1.29, 1.82) is 0 Å². The van der Waals surface area contributed by atoms with Crippen LogP contribution in [0.3, 0.4) is 0 Å². The number of ether oxygens (including phenoxy) is 1. The molecule has 0 aromatic carbocycles. The highest BCUT2D eigenvalue weighted by Crippen LogP contribution is 2.37. The molecule has 1 aliphatic rings. The number of nitrogens with zero attached hydrogens (tertiary/aromatic N) is 1. The SMILES string of the molecule is COCCN(CC1CCCN1)C(C)c1cc(Cl)sc1Cl. The summed E-state index contributed by atoms with van der Waals surface area (Å²) >= 11 is 13.8. The summed E-state index contributed by atoms with van der Waals surface area (Å²) in [5.74, 6) is 0. The molecule has 114 valence electrons. The molecule has 2 heterocycles. The molecule has 1 saturated heterocycles. The van der Waals surface area contributed by atoms with Gasteiger partial charge in [0.1, 0.15) is 0 Å². The van der Waals surface area contributed by atoms with Gasteiger partial charge in [0.15, 0.2) is 0 Å². The highest BCUT2D eigenvalue weighted by atomic mass is 35.5. The fourth-order valence-corrected chi connectivity index (χ4v) is 4.32. The number of thiophene rings is 1. The Morgan fingerprint density at radius 1 is 1.55 bits per heavy atom. The number of halogens is 2. The summed E-state index contributed by atoms with van der Waals surface area (Å²) in [5.41, 5.74) is 1.12. The van der Waals surface area contributed by atoms with E-state index in [1.807, 2.05) is 6.07 Å². The minimum atomic E-state index is 0.254. The summed E-state index contributed by atoms with van der Waals surface area (Å²) in [6.07, 6.45) is 2.51. The molecule has 1 fully saturated rings. The molecule has 2 rings (SSSR count). The monoisotopic (exact) mass is 336 g/mol. The van der Waals surface area contributed by atoms with Crippen LogP contribution in [-0.4, -0.2) is 44.3 Å². The second-order valence-corrected chi connectivity index (χ2v) is 7.52. The summed E-state index contributed by atoms with van der Waals surface area (Å²) in [5, 5.41) is 3.55. The van der Waals surface area contributed by atoms with Crippen LogP contribution >= 0.6 is 34.5 Å². The zero-order valence-corrected chi connectivity index (χ0v) is 14.3. The number of nitrogens with one attached hydrogen (secondary N) is 1. The van der Waals surface area contributed by atoms with E-state index < -0.39 is 0 Å². The first-order valence-electron chi connectivity index (χ1n) is 7.03. The molecule has 0 spiro atoms. The normalized spacial score (nSPS) is 20.8. The van der Waals surface area contributed by atoms with Crippen molar-refractivity contribution < 1.29 is 4.74 Å². The van der Waals surface area contributed by atoms with E-state index in [2.05, 4.69) is 17.1 Å². The smallest absolute Gasteiger partial charge is 0.0991 e. The lowest BCUT2D eigenvalue weighted by molar-refractivity contribution is 0.118. The molecule has 6 heteroatoms. The molecule has 0 radical (unpaired) electrons. The predicted octanol–water partition coefficient (Wildman–Crippen LogP) is 3.82. The van der Waals surface area contributed by atoms with Gasteiger partial charge >= 0.3 is 0 Å². The average Bonchev–Trinajstić information content (AvgIpc) is 3.03. The van der Waals surface area contributed by atoms with Gasteiger partial charge in [0, 0.05) is 37.8 Å². The van der Waals surface area contributed by atoms with Crippen molar-refractivity contribution in [3.8, 4) is 0 Å². The predicted molar refractivity (Wildman–Crippen MR) is 87.2 cm³/mol. The van der Waals surface area contributed by atoms with E-state index in [4.69, 9.17) is 27.9 Å². The first-order valence-corrected chi connectivity index (χ1v) is 8.60. The fraction of sp³-hybridized carbons (Fsp3) is 0.714. The van der Waals surface area contributed by atoms with Crippen molar-refractivity contribution in [1.82, 2.24) is 10.2 Å². The van der Waals surface area contributed by atoms with Crippen molar-refractivity contribution >= 4 is 34.5 Å². The number of rotatable bonds is 7. The second-order valence-electron chi connectivity index (χ2n) is 5.24. The molecule has 1 N–H and O–H groups in total. The van der Waals surface area contributed by atoms with E-state index in [-0.39, 0.29) is 6.04 Å². The number of hydrogen-bond acceptors (Lipinski definition) is 4. The first kappa shape index (κ1) is 16.5. The van der Waals surface area contributed by atoms with Gasteiger partial charge in [-0.05, 0) is 32.4 Å². The standard InChI is InChI=1S/C14H22Cl2N2OS/c1-10(12-8-13(15)20-14(12)16)18(6-7-19-2)9-11-4-3-5-17-11/h8,10-11,17H,3-7,9H2,1-2H3. The lowest BCUT2D eigenvalue weighted by Crippen LogP contribution is -2.40. The van der Waals surface area contributed by atoms with E-state index in [0.717, 1.165) is 40.5 Å². The molecule has 20 heavy (non-hydrogen) atoms. The molecule has 3 nitrogen and oxygen atoms in total. The highest BCUT2D eigenvalue weighted by Gasteiger charge is 2.24. The molecule has 1 aromatic rings. The molecule has 0 aliphatic carbocycles. The Morgan fingerprint density at radius 2 is 2.35 bits per heavy atom. The first-order chi connectivity index (χ1) is 9.61. The minimum absolute atomic E-state index is 0.254. The van der Waals surface area contributed by atoms with Crippen molar-refractivity contribution in [2.24, 2.45) is 0 Å². The van der Waals surface area contributed by atoms with Crippen LogP contribution < -0.4 is 5.32 Å². The summed E-state index contributed by atoms with van der Waals surface area (Å²) in [6.45, 7) is 5.97. The average molecular weight is 337 g/mol. The maximum Gasteiger partial charge on any atom is 0.0991 e. The van der Waals surface area contributed by atoms with Gasteiger partial charge in [0.25, 0.3) is 0 Å². The van der Waals surface area contributed by atoms with Crippen molar-refractivity contribution in [2.75, 3.05) is 33.4 Å². The lowest BCUT2D eigenvalue weighted by atomic mass is 10.1. The van der Waals surface area contributed by atoms with Crippen LogP contribution in [0.1, 0.15) is 31.4 Å². The highest BCUT2D eigenvalue weighted by molar-refractivity contribution is 7.20. The van der Waals surface area contributed by atoms with Gasteiger partial charge in [0.05, 0.1) is 15.3 Å².